The van der Waals surface area contributed by atoms with Gasteiger partial charge in [0.25, 0.3) is 0 Å². The second kappa shape index (κ2) is 38.0. The standard InChI is InChI=1S/2C41H51F2N7O9/c1-21-8-7-9-28(12-21)45-41(58)46-30(16-25-14-26(42)17-27(43)15-25)35(52)47-34-24(4)59-40(57)33-13-22(2)19-49(33)37(54)23(3)44-36(53)31-10-5-6-11-48(31)38(55)32-18-29(51)20-50(32)39(34)56;1-21-8-10-28(11-9-21)45-41(58)46-30(16-25-14-26(42)17-27(43)15-25)35(52)47-34-24(4)59-40(57)33-13-22(2)19-49(33)37(54)23(3)44-36(53)31-7-5-6-12-48(31)38(55)32-18-29(51)20-50(32)39(34)56/h7-9,12,14-15,17,22-24,29-34,51H,5-6,10-11,13,16,18-20H2,1-4H3,(H,44,53)(H,47,52)(H2,45,46,58);8-11,14-15,17,22-24,29-34,51H,5-7,12-13,16,18-20H2,1-4H3,(H,44,53)(H,47,52)(H2,45,46,58)/t2*22-,23+,24+,29-,30+,31+,32+,33+,34+/m11/s1. The summed E-state index contributed by atoms with van der Waals surface area (Å²) >= 11 is 0. The summed E-state index contributed by atoms with van der Waals surface area (Å²) < 4.78 is 69.0. The minimum atomic E-state index is -1.74. The van der Waals surface area contributed by atoms with E-state index in [1.54, 1.807) is 55.5 Å². The second-order valence-corrected chi connectivity index (χ2v) is 32.3. The molecule has 118 heavy (non-hydrogen) atoms. The van der Waals surface area contributed by atoms with Crippen molar-refractivity contribution in [1.82, 2.24) is 61.3 Å². The number of urea groups is 2. The molecule has 0 radical (unpaired) electrons. The molecular formula is C82H102F4N14O18. The van der Waals surface area contributed by atoms with Crippen LogP contribution in [0, 0.1) is 49.0 Å². The van der Waals surface area contributed by atoms with Crippen molar-refractivity contribution in [2.45, 2.75) is 229 Å². The lowest BCUT2D eigenvalue weighted by Crippen LogP contribution is -2.63. The number of hydrogen-bond acceptors (Lipinski definition) is 18. The number of halogens is 4. The fourth-order valence-electron chi connectivity index (χ4n) is 16.8. The Balaban J connectivity index is 0.000000231. The van der Waals surface area contributed by atoms with Crippen molar-refractivity contribution in [3.05, 3.63) is 130 Å². The zero-order valence-corrected chi connectivity index (χ0v) is 66.8. The Morgan fingerprint density at radius 3 is 1.23 bits per heavy atom. The van der Waals surface area contributed by atoms with Crippen LogP contribution in [-0.4, -0.2) is 259 Å². The van der Waals surface area contributed by atoms with Gasteiger partial charge in [0.1, 0.15) is 108 Å². The van der Waals surface area contributed by atoms with Crippen LogP contribution >= 0.6 is 0 Å². The van der Waals surface area contributed by atoms with Gasteiger partial charge in [-0.05, 0) is 170 Å². The average Bonchev–Trinajstić information content (AvgIpc) is 1.55. The van der Waals surface area contributed by atoms with Gasteiger partial charge in [-0.25, -0.2) is 36.7 Å². The quantitative estimate of drug-likeness (QED) is 0.0720. The van der Waals surface area contributed by atoms with Crippen LogP contribution in [-0.2, 0) is 79.8 Å². The van der Waals surface area contributed by atoms with E-state index < -0.39 is 216 Å². The molecule has 12 rings (SSSR count). The predicted octanol–water partition coefficient (Wildman–Crippen LogP) is 3.04. The largest absolute Gasteiger partial charge is 0.458 e. The van der Waals surface area contributed by atoms with Crippen molar-refractivity contribution < 1.29 is 104 Å². The maximum atomic E-state index is 14.7. The van der Waals surface area contributed by atoms with Crippen LogP contribution in [0.5, 0.6) is 0 Å². The van der Waals surface area contributed by atoms with Crippen LogP contribution in [0.15, 0.2) is 84.9 Å². The highest BCUT2D eigenvalue weighted by Gasteiger charge is 2.52. The van der Waals surface area contributed by atoms with Crippen LogP contribution in [0.3, 0.4) is 0 Å². The number of aryl methyl sites for hydroxylation is 2. The Hall–Kier alpha value is -11.3. The third-order valence-electron chi connectivity index (χ3n) is 22.7. The molecule has 8 fully saturated rings. The van der Waals surface area contributed by atoms with Crippen molar-refractivity contribution in [2.75, 3.05) is 49.9 Å². The molecule has 8 aliphatic heterocycles. The number of aliphatic hydroxyl groups is 2. The molecule has 10 N–H and O–H groups in total. The van der Waals surface area contributed by atoms with Gasteiger partial charge < -0.3 is 91.6 Å². The number of rotatable bonds is 12. The highest BCUT2D eigenvalue weighted by Crippen LogP contribution is 2.33. The molecule has 32 nitrogen and oxygen atoms in total. The summed E-state index contributed by atoms with van der Waals surface area (Å²) in [6, 6.07) is 1.55. The van der Waals surface area contributed by atoms with Gasteiger partial charge in [0.05, 0.1) is 12.2 Å². The molecule has 636 valence electrons. The number of hydrogen-bond donors (Lipinski definition) is 10. The lowest BCUT2D eigenvalue weighted by atomic mass is 9.98. The summed E-state index contributed by atoms with van der Waals surface area (Å²) in [4.78, 5) is 204. The first-order valence-electron chi connectivity index (χ1n) is 40.0. The number of piperidine rings is 2. The highest BCUT2D eigenvalue weighted by molar-refractivity contribution is 6.01. The molecule has 8 aliphatic rings. The number of anilines is 2. The predicted molar refractivity (Wildman–Crippen MR) is 414 cm³/mol. The number of carbonyl (C=O) groups excluding carboxylic acids is 14. The van der Waals surface area contributed by atoms with Crippen LogP contribution in [0.2, 0.25) is 0 Å². The third kappa shape index (κ3) is 21.2. The lowest BCUT2D eigenvalue weighted by Gasteiger charge is -2.39. The first-order valence-corrected chi connectivity index (χ1v) is 40.0. The van der Waals surface area contributed by atoms with Gasteiger partial charge in [-0.2, -0.15) is 0 Å². The molecule has 0 aliphatic carbocycles. The van der Waals surface area contributed by atoms with Crippen LogP contribution in [0.1, 0.15) is 128 Å². The molecule has 0 unspecified atom stereocenters. The molecule has 18 atom stereocenters. The zero-order valence-electron chi connectivity index (χ0n) is 66.8. The average molecular weight is 1650 g/mol. The minimum absolute atomic E-state index is 0.00918. The molecule has 14 amide bonds. The molecule has 0 spiro atoms. The molecule has 8 saturated heterocycles. The SMILES string of the molecule is Cc1ccc(NC(=O)N[C@@H](Cc2cc(F)cc(F)c2)C(=O)N[C@@H]2C(=O)N3C[C@H](O)C[C@H]3C(=O)N3CCCC[C@H]3C(=O)N[C@@H](C)C(=O)N3C[C@H](C)C[C@H]3C(=O)O[C@H]2C)cc1.Cc1cccc(NC(=O)N[C@@H](Cc2cc(F)cc(F)c2)C(=O)N[C@@H]2C(=O)N3C[C@H](O)C[C@H]3C(=O)N3CCCC[C@H]3C(=O)N[C@@H](C)C(=O)N3C[C@H](C)C[C@H]3C(=O)O[C@H]2C)c1. The molecule has 0 aromatic heterocycles. The smallest absolute Gasteiger partial charge is 0.329 e. The van der Waals surface area contributed by atoms with E-state index in [4.69, 9.17) is 9.47 Å². The van der Waals surface area contributed by atoms with Crippen molar-refractivity contribution in [2.24, 2.45) is 11.8 Å². The van der Waals surface area contributed by atoms with Crippen LogP contribution in [0.4, 0.5) is 38.5 Å². The van der Waals surface area contributed by atoms with Gasteiger partial charge in [0.2, 0.25) is 59.1 Å². The van der Waals surface area contributed by atoms with Crippen molar-refractivity contribution in [3.8, 4) is 0 Å². The van der Waals surface area contributed by atoms with E-state index in [0.29, 0.717) is 49.2 Å². The maximum absolute atomic E-state index is 14.7. The number of ether oxygens (including phenoxy) is 2. The van der Waals surface area contributed by atoms with Crippen molar-refractivity contribution in [1.29, 1.82) is 0 Å². The second-order valence-electron chi connectivity index (χ2n) is 32.3. The number of cyclic esters (lactones) is 2. The van der Waals surface area contributed by atoms with Crippen molar-refractivity contribution >= 4 is 94.4 Å². The molecule has 4 aromatic carbocycles. The Bertz CT molecular complexity index is 4470. The summed E-state index contributed by atoms with van der Waals surface area (Å²) in [5.74, 6) is -13.1. The fourth-order valence-corrected chi connectivity index (χ4v) is 16.8. The summed E-state index contributed by atoms with van der Waals surface area (Å²) in [6.07, 6.45) is -3.20. The number of nitrogens with one attached hydrogen (secondary N) is 8. The minimum Gasteiger partial charge on any atom is -0.458 e. The van der Waals surface area contributed by atoms with E-state index in [9.17, 15) is 94.9 Å². The van der Waals surface area contributed by atoms with Gasteiger partial charge in [0, 0.05) is 88.5 Å². The number of nitrogens with zero attached hydrogens (tertiary/aromatic N) is 6. The number of fused-ring (bicyclic) bond motifs is 6. The molecule has 36 heteroatoms. The number of aliphatic hydroxyl groups excluding tert-OH is 2. The van der Waals surface area contributed by atoms with Gasteiger partial charge in [-0.1, -0.05) is 43.7 Å². The fraction of sp³-hybridized carbons (Fsp3) is 0.537. The number of esters is 2. The molecule has 0 bridgehead atoms. The Kier molecular flexibility index (Phi) is 28.2. The highest BCUT2D eigenvalue weighted by atomic mass is 19.1. The summed E-state index contributed by atoms with van der Waals surface area (Å²) in [5, 5.41) is 42.6. The molecule has 8 heterocycles. The van der Waals surface area contributed by atoms with Gasteiger partial charge >= 0.3 is 24.0 Å². The first-order chi connectivity index (χ1) is 56.0. The summed E-state index contributed by atoms with van der Waals surface area (Å²) in [7, 11) is 0. The van der Waals surface area contributed by atoms with Gasteiger partial charge in [-0.3, -0.25) is 47.9 Å². The van der Waals surface area contributed by atoms with Crippen LogP contribution in [0.25, 0.3) is 0 Å². The normalized spacial score (nSPS) is 28.5. The van der Waals surface area contributed by atoms with E-state index in [1.165, 1.54) is 47.3 Å². The zero-order chi connectivity index (χ0) is 85.4. The molecular weight excluding hydrogens is 1540 g/mol. The maximum Gasteiger partial charge on any atom is 0.329 e. The van der Waals surface area contributed by atoms with Gasteiger partial charge in [-0.15, -0.1) is 0 Å². The lowest BCUT2D eigenvalue weighted by molar-refractivity contribution is -0.163. The number of benzene rings is 4. The number of amides is 14. The molecule has 4 aromatic rings. The monoisotopic (exact) mass is 1650 g/mol. The Morgan fingerprint density at radius 1 is 0.441 bits per heavy atom. The van der Waals surface area contributed by atoms with E-state index in [-0.39, 0.29) is 101 Å². The van der Waals surface area contributed by atoms with E-state index in [0.717, 1.165) is 45.2 Å². The molecule has 0 saturated carbocycles. The third-order valence-corrected chi connectivity index (χ3v) is 22.7. The summed E-state index contributed by atoms with van der Waals surface area (Å²) in [6.45, 7) is 13.0. The number of carbonyl (C=O) groups is 14. The van der Waals surface area contributed by atoms with Crippen molar-refractivity contribution in [3.63, 3.8) is 0 Å². The van der Waals surface area contributed by atoms with E-state index in [2.05, 4.69) is 42.5 Å². The van der Waals surface area contributed by atoms with E-state index >= 15 is 0 Å². The van der Waals surface area contributed by atoms with Crippen LogP contribution < -0.4 is 42.5 Å². The van der Waals surface area contributed by atoms with E-state index in [1.807, 2.05) is 20.8 Å². The topological polar surface area (TPSA) is 414 Å². The Labute approximate surface area is 678 Å². The van der Waals surface area contributed by atoms with Gasteiger partial charge in [0.15, 0.2) is 0 Å². The summed E-state index contributed by atoms with van der Waals surface area (Å²) in [5.41, 5.74) is 2.48. The Morgan fingerprint density at radius 2 is 0.831 bits per heavy atom. The first kappa shape index (κ1) is 87.5.